The minimum atomic E-state index is -2.29. The Balaban J connectivity index is 2.57. The van der Waals surface area contributed by atoms with Crippen LogP contribution in [0.4, 0.5) is 0 Å². The van der Waals surface area contributed by atoms with Crippen LogP contribution in [0.25, 0.3) is 0 Å². The Morgan fingerprint density at radius 1 is 0.917 bits per heavy atom. The summed E-state index contributed by atoms with van der Waals surface area (Å²) in [5.41, 5.74) is 3.44. The summed E-state index contributed by atoms with van der Waals surface area (Å²) in [7, 11) is -4.92. The minimum absolute atomic E-state index is 0.785. The molecule has 0 aromatic rings. The van der Waals surface area contributed by atoms with Crippen molar-refractivity contribution in [2.45, 2.75) is 0 Å². The molecule has 0 aromatic heterocycles. The first kappa shape index (κ1) is 10.3. The van der Waals surface area contributed by atoms with Crippen molar-refractivity contribution in [3.05, 3.63) is 24.6 Å². The van der Waals surface area contributed by atoms with E-state index in [1.807, 2.05) is 0 Å². The third-order valence-corrected chi connectivity index (χ3v) is 9.83. The topological polar surface area (TPSA) is 36.9 Å². The second-order valence-electron chi connectivity index (χ2n) is 2.18. The van der Waals surface area contributed by atoms with Crippen molar-refractivity contribution in [1.29, 1.82) is 0 Å². The highest BCUT2D eigenvalue weighted by molar-refractivity contribution is 6.83. The van der Waals surface area contributed by atoms with Gasteiger partial charge in [0, 0.05) is 0 Å². The van der Waals surface area contributed by atoms with Gasteiger partial charge in [-0.2, -0.15) is 0 Å². The monoisotopic (exact) mass is 236 g/mol. The van der Waals surface area contributed by atoms with Crippen LogP contribution < -0.4 is 0 Å². The molecule has 0 unspecified atom stereocenters. The van der Waals surface area contributed by atoms with Crippen LogP contribution in [-0.4, -0.2) is 38.6 Å². The van der Waals surface area contributed by atoms with E-state index in [-0.39, 0.29) is 0 Å². The standard InChI is InChI=1S/C4H12O4Si4/c1-3-12(4-2)7-10-5-9-6-11-8-12/h3-4H,1-2,9-11H2. The molecule has 0 spiro atoms. The molecule has 12 heavy (non-hydrogen) atoms. The summed E-state index contributed by atoms with van der Waals surface area (Å²) in [6.07, 6.45) is 0. The molecule has 0 aromatic carbocycles. The van der Waals surface area contributed by atoms with Gasteiger partial charge in [0.1, 0.15) is 0 Å². The highest BCUT2D eigenvalue weighted by Gasteiger charge is 2.30. The van der Waals surface area contributed by atoms with E-state index >= 15 is 0 Å². The van der Waals surface area contributed by atoms with E-state index in [1.165, 1.54) is 0 Å². The van der Waals surface area contributed by atoms with Crippen molar-refractivity contribution in [3.8, 4) is 0 Å². The molecule has 0 saturated carbocycles. The average Bonchev–Trinajstić information content (AvgIpc) is 2.06. The van der Waals surface area contributed by atoms with E-state index in [0.717, 1.165) is 0 Å². The zero-order chi connectivity index (χ0) is 8.86. The number of hydrogen-bond acceptors (Lipinski definition) is 4. The zero-order valence-electron chi connectivity index (χ0n) is 6.82. The van der Waals surface area contributed by atoms with Crippen molar-refractivity contribution in [2.75, 3.05) is 0 Å². The molecule has 1 aliphatic rings. The van der Waals surface area contributed by atoms with E-state index in [1.54, 1.807) is 11.4 Å². The van der Waals surface area contributed by atoms with Crippen LogP contribution in [-0.2, 0) is 16.5 Å². The summed E-state index contributed by atoms with van der Waals surface area (Å²) < 4.78 is 21.6. The quantitative estimate of drug-likeness (QED) is 0.518. The summed E-state index contributed by atoms with van der Waals surface area (Å²) in [5, 5.41) is 0. The first-order valence-electron chi connectivity index (χ1n) is 3.53. The fourth-order valence-electron chi connectivity index (χ4n) is 0.755. The van der Waals surface area contributed by atoms with Gasteiger partial charge < -0.3 is 16.5 Å². The fourth-order valence-corrected chi connectivity index (χ4v) is 9.61. The molecule has 0 atom stereocenters. The average molecular weight is 236 g/mol. The Morgan fingerprint density at radius 3 is 1.83 bits per heavy atom. The van der Waals surface area contributed by atoms with Crippen LogP contribution in [0.2, 0.25) is 0 Å². The Morgan fingerprint density at radius 2 is 1.42 bits per heavy atom. The van der Waals surface area contributed by atoms with Crippen molar-refractivity contribution in [1.82, 2.24) is 0 Å². The summed E-state index contributed by atoms with van der Waals surface area (Å²) in [5.74, 6) is 0. The van der Waals surface area contributed by atoms with Crippen molar-refractivity contribution < 1.29 is 16.5 Å². The van der Waals surface area contributed by atoms with E-state index < -0.39 is 38.6 Å². The molecule has 0 aliphatic carbocycles. The van der Waals surface area contributed by atoms with Gasteiger partial charge in [0.25, 0.3) is 30.0 Å². The van der Waals surface area contributed by atoms with E-state index in [2.05, 4.69) is 13.2 Å². The van der Waals surface area contributed by atoms with Crippen LogP contribution >= 0.6 is 0 Å². The lowest BCUT2D eigenvalue weighted by Gasteiger charge is -2.26. The van der Waals surface area contributed by atoms with Gasteiger partial charge in [0.2, 0.25) is 0 Å². The van der Waals surface area contributed by atoms with Gasteiger partial charge in [0.05, 0.1) is 0 Å². The van der Waals surface area contributed by atoms with Gasteiger partial charge in [0.15, 0.2) is 0 Å². The molecule has 68 valence electrons. The van der Waals surface area contributed by atoms with E-state index in [4.69, 9.17) is 16.5 Å². The number of hydrogen-bond donors (Lipinski definition) is 0. The highest BCUT2D eigenvalue weighted by atomic mass is 28.5. The molecule has 1 aliphatic heterocycles. The summed E-state index contributed by atoms with van der Waals surface area (Å²) in [6.45, 7) is 7.37. The van der Waals surface area contributed by atoms with Crippen molar-refractivity contribution in [3.63, 3.8) is 0 Å². The Hall–Kier alpha value is 0.188. The van der Waals surface area contributed by atoms with Crippen LogP contribution in [0.5, 0.6) is 0 Å². The lowest BCUT2D eigenvalue weighted by atomic mass is 11.2. The van der Waals surface area contributed by atoms with Gasteiger partial charge in [-0.15, -0.1) is 13.2 Å². The van der Waals surface area contributed by atoms with E-state index in [9.17, 15) is 0 Å². The van der Waals surface area contributed by atoms with Gasteiger partial charge >= 0.3 is 8.56 Å². The molecule has 0 bridgehead atoms. The second kappa shape index (κ2) is 5.03. The van der Waals surface area contributed by atoms with Gasteiger partial charge in [-0.05, 0) is 11.4 Å². The molecule has 0 N–H and O–H groups in total. The SMILES string of the molecule is C=C[Si]1(C=C)O[SiH2]O[SiH2]O[SiH2]O1. The molecular weight excluding hydrogens is 224 g/mol. The molecule has 8 heteroatoms. The lowest BCUT2D eigenvalue weighted by Crippen LogP contribution is -2.44. The summed E-state index contributed by atoms with van der Waals surface area (Å²) in [6, 6.07) is 0. The van der Waals surface area contributed by atoms with Crippen LogP contribution in [0, 0.1) is 0 Å². The van der Waals surface area contributed by atoms with Crippen molar-refractivity contribution in [2.24, 2.45) is 0 Å². The molecule has 0 amide bonds. The maximum atomic E-state index is 5.56. The summed E-state index contributed by atoms with van der Waals surface area (Å²) in [4.78, 5) is 0. The van der Waals surface area contributed by atoms with E-state index in [0.29, 0.717) is 0 Å². The molecule has 1 saturated heterocycles. The fraction of sp³-hybridized carbons (Fsp3) is 0. The molecule has 4 nitrogen and oxygen atoms in total. The third-order valence-electron chi connectivity index (χ3n) is 1.47. The Labute approximate surface area is 80.0 Å². The first-order chi connectivity index (χ1) is 5.83. The third kappa shape index (κ3) is 2.60. The largest absolute Gasteiger partial charge is 0.425 e. The Bertz CT molecular complexity index is 156. The smallest absolute Gasteiger partial charge is 0.372 e. The van der Waals surface area contributed by atoms with Gasteiger partial charge in [-0.1, -0.05) is 0 Å². The van der Waals surface area contributed by atoms with Crippen LogP contribution in [0.3, 0.4) is 0 Å². The molecule has 1 fully saturated rings. The summed E-state index contributed by atoms with van der Waals surface area (Å²) >= 11 is 0. The first-order valence-corrected chi connectivity index (χ1v) is 8.97. The number of rotatable bonds is 2. The molecule has 1 rings (SSSR count). The molecular formula is C4H12O4Si4. The van der Waals surface area contributed by atoms with Gasteiger partial charge in [-0.25, -0.2) is 0 Å². The molecule has 1 heterocycles. The second-order valence-corrected chi connectivity index (χ2v) is 10.7. The normalized spacial score (nSPS) is 29.7. The maximum absolute atomic E-state index is 5.56. The lowest BCUT2D eigenvalue weighted by molar-refractivity contribution is 0.323. The van der Waals surface area contributed by atoms with Crippen molar-refractivity contribution >= 4 is 38.6 Å². The predicted molar refractivity (Wildman–Crippen MR) is 56.1 cm³/mol. The minimum Gasteiger partial charge on any atom is -0.425 e. The van der Waals surface area contributed by atoms with Crippen LogP contribution in [0.1, 0.15) is 0 Å². The Kier molecular flexibility index (Phi) is 4.31. The zero-order valence-corrected chi connectivity index (χ0v) is 12.1. The van der Waals surface area contributed by atoms with Crippen LogP contribution in [0.15, 0.2) is 24.6 Å². The molecule has 0 radical (unpaired) electrons. The predicted octanol–water partition coefficient (Wildman–Crippen LogP) is -2.04. The highest BCUT2D eigenvalue weighted by Crippen LogP contribution is 2.09. The maximum Gasteiger partial charge on any atom is 0.372 e. The van der Waals surface area contributed by atoms with Gasteiger partial charge in [-0.3, -0.25) is 0 Å².